The Morgan fingerprint density at radius 3 is 2.81 bits per heavy atom. The van der Waals surface area contributed by atoms with E-state index in [-0.39, 0.29) is 5.75 Å². The van der Waals surface area contributed by atoms with E-state index in [0.717, 1.165) is 0 Å². The lowest BCUT2D eigenvalue weighted by Crippen LogP contribution is -1.91. The molecule has 0 heterocycles. The van der Waals surface area contributed by atoms with E-state index in [0.29, 0.717) is 35.5 Å². The maximum absolute atomic E-state index is 10.8. The average Bonchev–Trinajstić information content (AvgIpc) is 2.31. The second kappa shape index (κ2) is 6.18. The number of ether oxygens (including phenoxy) is 1. The number of hydrogen-bond donors (Lipinski definition) is 1. The van der Waals surface area contributed by atoms with E-state index in [4.69, 9.17) is 16.3 Å². The molecule has 0 aromatic heterocycles. The van der Waals surface area contributed by atoms with E-state index in [2.05, 4.69) is 0 Å². The van der Waals surface area contributed by atoms with Crippen LogP contribution in [0.15, 0.2) is 18.2 Å². The molecule has 1 N–H and O–H groups in total. The third kappa shape index (κ3) is 2.76. The predicted molar refractivity (Wildman–Crippen MR) is 64.4 cm³/mol. The molecule has 4 heteroatoms. The van der Waals surface area contributed by atoms with Gasteiger partial charge in [0.05, 0.1) is 7.11 Å². The minimum absolute atomic E-state index is 0.0297. The van der Waals surface area contributed by atoms with Crippen molar-refractivity contribution in [1.82, 2.24) is 0 Å². The summed E-state index contributed by atoms with van der Waals surface area (Å²) >= 11 is 5.53. The van der Waals surface area contributed by atoms with Gasteiger partial charge in [-0.3, -0.25) is 4.79 Å². The second-order valence-electron chi connectivity index (χ2n) is 3.12. The molecule has 0 unspecified atom stereocenters. The first kappa shape index (κ1) is 12.6. The number of carbonyl (C=O) groups is 1. The van der Waals surface area contributed by atoms with E-state index in [1.54, 1.807) is 24.3 Å². The number of phenols is 1. The molecule has 0 aliphatic heterocycles. The molecule has 1 rings (SSSR count). The number of alkyl halides is 1. The molecule has 0 amide bonds. The van der Waals surface area contributed by atoms with Crippen LogP contribution < -0.4 is 4.74 Å². The number of rotatable bonds is 5. The fourth-order valence-electron chi connectivity index (χ4n) is 1.31. The lowest BCUT2D eigenvalue weighted by molar-refractivity contribution is 0.112. The van der Waals surface area contributed by atoms with E-state index in [9.17, 15) is 9.90 Å². The Labute approximate surface area is 99.3 Å². The van der Waals surface area contributed by atoms with Crippen LogP contribution >= 0.6 is 11.6 Å². The highest BCUT2D eigenvalue weighted by atomic mass is 35.5. The fourth-order valence-corrected chi connectivity index (χ4v) is 1.44. The first-order valence-corrected chi connectivity index (χ1v) is 5.35. The van der Waals surface area contributed by atoms with Crippen molar-refractivity contribution < 1.29 is 14.6 Å². The molecule has 0 atom stereocenters. The van der Waals surface area contributed by atoms with Gasteiger partial charge in [0.15, 0.2) is 17.8 Å². The quantitative estimate of drug-likeness (QED) is 0.636. The Bertz CT molecular complexity index is 399. The summed E-state index contributed by atoms with van der Waals surface area (Å²) in [6.07, 6.45) is 4.84. The molecule has 0 spiro atoms. The van der Waals surface area contributed by atoms with Gasteiger partial charge in [0.2, 0.25) is 0 Å². The molecule has 3 nitrogen and oxygen atoms in total. The first-order valence-electron chi connectivity index (χ1n) is 4.82. The zero-order valence-electron chi connectivity index (χ0n) is 8.94. The molecule has 0 aliphatic rings. The summed E-state index contributed by atoms with van der Waals surface area (Å²) in [5, 5.41) is 9.83. The second-order valence-corrected chi connectivity index (χ2v) is 3.50. The van der Waals surface area contributed by atoms with Crippen molar-refractivity contribution in [2.24, 2.45) is 0 Å². The number of hydrogen-bond acceptors (Lipinski definition) is 3. The van der Waals surface area contributed by atoms with E-state index < -0.39 is 0 Å². The Morgan fingerprint density at radius 1 is 1.50 bits per heavy atom. The molecule has 1 aromatic carbocycles. The molecule has 0 fully saturated rings. The Morgan fingerprint density at radius 2 is 2.25 bits per heavy atom. The lowest BCUT2D eigenvalue weighted by atomic mass is 10.1. The number of aldehydes is 1. The topological polar surface area (TPSA) is 46.5 Å². The summed E-state index contributed by atoms with van der Waals surface area (Å²) < 4.78 is 4.97. The van der Waals surface area contributed by atoms with Crippen LogP contribution in [0.1, 0.15) is 22.3 Å². The van der Waals surface area contributed by atoms with Gasteiger partial charge in [-0.2, -0.15) is 0 Å². The van der Waals surface area contributed by atoms with E-state index in [1.807, 2.05) is 0 Å². The van der Waals surface area contributed by atoms with Crippen molar-refractivity contribution in [3.63, 3.8) is 0 Å². The SMILES string of the molecule is COc1ccc(C=O)c(C=CCCCl)c1O. The molecule has 0 aliphatic carbocycles. The molecule has 0 saturated heterocycles. The van der Waals surface area contributed by atoms with Crippen LogP contribution in [0, 0.1) is 0 Å². The van der Waals surface area contributed by atoms with E-state index in [1.165, 1.54) is 7.11 Å². The van der Waals surface area contributed by atoms with Crippen LogP contribution in [0.4, 0.5) is 0 Å². The van der Waals surface area contributed by atoms with Gasteiger partial charge < -0.3 is 9.84 Å². The number of halogens is 1. The molecule has 0 saturated carbocycles. The van der Waals surface area contributed by atoms with Crippen molar-refractivity contribution in [3.05, 3.63) is 29.3 Å². The normalized spacial score (nSPS) is 10.6. The summed E-state index contributed by atoms with van der Waals surface area (Å²) in [6.45, 7) is 0. The number of phenolic OH excluding ortho intramolecular Hbond substituents is 1. The minimum Gasteiger partial charge on any atom is -0.504 e. The molecule has 86 valence electrons. The largest absolute Gasteiger partial charge is 0.504 e. The number of methoxy groups -OCH3 is 1. The zero-order valence-corrected chi connectivity index (χ0v) is 9.70. The van der Waals surface area contributed by atoms with Crippen molar-refractivity contribution in [3.8, 4) is 11.5 Å². The summed E-state index contributed by atoms with van der Waals surface area (Å²) in [4.78, 5) is 10.8. The summed E-state index contributed by atoms with van der Waals surface area (Å²) in [6, 6.07) is 3.16. The Hall–Kier alpha value is -1.48. The number of benzene rings is 1. The Kier molecular flexibility index (Phi) is 4.86. The number of aromatic hydroxyl groups is 1. The van der Waals surface area contributed by atoms with Gasteiger partial charge in [0, 0.05) is 17.0 Å². The Balaban J connectivity index is 3.15. The van der Waals surface area contributed by atoms with Crippen LogP contribution in [-0.2, 0) is 0 Å². The van der Waals surface area contributed by atoms with Crippen molar-refractivity contribution >= 4 is 24.0 Å². The minimum atomic E-state index is -0.0297. The lowest BCUT2D eigenvalue weighted by Gasteiger charge is -2.07. The van der Waals surface area contributed by atoms with E-state index >= 15 is 0 Å². The molecule has 16 heavy (non-hydrogen) atoms. The molecular formula is C12H13ClO3. The van der Waals surface area contributed by atoms with Crippen molar-refractivity contribution in [1.29, 1.82) is 0 Å². The zero-order chi connectivity index (χ0) is 12.0. The standard InChI is InChI=1S/C12H13ClO3/c1-16-11-6-5-9(8-14)10(12(11)15)4-2-3-7-13/h2,4-6,8,15H,3,7H2,1H3. The highest BCUT2D eigenvalue weighted by Gasteiger charge is 2.09. The van der Waals surface area contributed by atoms with Crippen LogP contribution in [0.5, 0.6) is 11.5 Å². The number of carbonyl (C=O) groups excluding carboxylic acids is 1. The van der Waals surface area contributed by atoms with Gasteiger partial charge in [0.1, 0.15) is 0 Å². The van der Waals surface area contributed by atoms with Gasteiger partial charge in [-0.25, -0.2) is 0 Å². The average molecular weight is 241 g/mol. The molecular weight excluding hydrogens is 228 g/mol. The van der Waals surface area contributed by atoms with Crippen LogP contribution in [0.3, 0.4) is 0 Å². The maximum atomic E-state index is 10.8. The fraction of sp³-hybridized carbons (Fsp3) is 0.250. The van der Waals surface area contributed by atoms with Gasteiger partial charge in [-0.05, 0) is 18.6 Å². The van der Waals surface area contributed by atoms with Crippen molar-refractivity contribution in [2.75, 3.05) is 13.0 Å². The highest BCUT2D eigenvalue weighted by molar-refractivity contribution is 6.17. The monoisotopic (exact) mass is 240 g/mol. The van der Waals surface area contributed by atoms with Gasteiger partial charge in [-0.15, -0.1) is 11.6 Å². The smallest absolute Gasteiger partial charge is 0.165 e. The maximum Gasteiger partial charge on any atom is 0.165 e. The summed E-state index contributed by atoms with van der Waals surface area (Å²) in [7, 11) is 1.46. The third-order valence-corrected chi connectivity index (χ3v) is 2.34. The highest BCUT2D eigenvalue weighted by Crippen LogP contribution is 2.32. The number of allylic oxidation sites excluding steroid dienone is 1. The van der Waals surface area contributed by atoms with Gasteiger partial charge in [0.25, 0.3) is 0 Å². The third-order valence-electron chi connectivity index (χ3n) is 2.12. The van der Waals surface area contributed by atoms with Gasteiger partial charge >= 0.3 is 0 Å². The van der Waals surface area contributed by atoms with Crippen LogP contribution in [-0.4, -0.2) is 24.4 Å². The molecule has 0 radical (unpaired) electrons. The summed E-state index contributed by atoms with van der Waals surface area (Å²) in [5.74, 6) is 0.812. The van der Waals surface area contributed by atoms with Crippen molar-refractivity contribution in [2.45, 2.75) is 6.42 Å². The molecule has 0 bridgehead atoms. The van der Waals surface area contributed by atoms with Gasteiger partial charge in [-0.1, -0.05) is 12.2 Å². The predicted octanol–water partition coefficient (Wildman–Crippen LogP) is 2.86. The summed E-state index contributed by atoms with van der Waals surface area (Å²) in [5.41, 5.74) is 0.878. The van der Waals surface area contributed by atoms with Crippen LogP contribution in [0.2, 0.25) is 0 Å². The van der Waals surface area contributed by atoms with Crippen LogP contribution in [0.25, 0.3) is 6.08 Å². The molecule has 1 aromatic rings. The first-order chi connectivity index (χ1) is 7.74.